The van der Waals surface area contributed by atoms with Crippen molar-refractivity contribution in [3.05, 3.63) is 28.5 Å². The highest BCUT2D eigenvalue weighted by atomic mass is 79.9. The average molecular weight is 400 g/mol. The maximum Gasteiger partial charge on any atom is 0.316 e. The van der Waals surface area contributed by atoms with Crippen LogP contribution in [0.25, 0.3) is 0 Å². The lowest BCUT2D eigenvalue weighted by atomic mass is 9.76. The number of aromatic nitrogens is 1. The number of aliphatic hydroxyl groups excluding tert-OH is 1. The molecule has 24 heavy (non-hydrogen) atoms. The minimum atomic E-state index is -0.768. The molecule has 0 fully saturated rings. The first kappa shape index (κ1) is 21.1. The van der Waals surface area contributed by atoms with Gasteiger partial charge in [-0.3, -0.25) is 9.78 Å². The summed E-state index contributed by atoms with van der Waals surface area (Å²) in [4.78, 5) is 17.1. The molecule has 1 aromatic heterocycles. The van der Waals surface area contributed by atoms with Gasteiger partial charge in [-0.15, -0.1) is 0 Å². The van der Waals surface area contributed by atoms with E-state index in [1.54, 1.807) is 12.4 Å². The Kier molecular flexibility index (Phi) is 7.00. The molecule has 0 saturated carbocycles. The molecule has 136 valence electrons. The van der Waals surface area contributed by atoms with Gasteiger partial charge in [0.15, 0.2) is 0 Å². The first-order valence-corrected chi connectivity index (χ1v) is 9.14. The summed E-state index contributed by atoms with van der Waals surface area (Å²) in [7, 11) is 0. The Labute approximate surface area is 154 Å². The Morgan fingerprint density at radius 1 is 1.17 bits per heavy atom. The number of esters is 1. The third kappa shape index (κ3) is 6.17. The molecule has 0 saturated heterocycles. The van der Waals surface area contributed by atoms with Crippen LogP contribution in [0, 0.1) is 5.41 Å². The number of carbonyl (C=O) groups excluding carboxylic acids is 1. The monoisotopic (exact) mass is 399 g/mol. The van der Waals surface area contributed by atoms with Gasteiger partial charge in [-0.05, 0) is 73.5 Å². The van der Waals surface area contributed by atoms with Crippen LogP contribution >= 0.6 is 15.9 Å². The fraction of sp³-hybridized carbons (Fsp3) is 0.684. The van der Waals surface area contributed by atoms with Crippen molar-refractivity contribution < 1.29 is 14.6 Å². The zero-order valence-corrected chi connectivity index (χ0v) is 17.2. The predicted octanol–water partition coefficient (Wildman–Crippen LogP) is 4.63. The van der Waals surface area contributed by atoms with E-state index in [2.05, 4.69) is 20.9 Å². The topological polar surface area (TPSA) is 59.4 Å². The van der Waals surface area contributed by atoms with Crippen molar-refractivity contribution in [1.29, 1.82) is 0 Å². The molecule has 1 rings (SSSR count). The molecule has 1 aromatic rings. The summed E-state index contributed by atoms with van der Waals surface area (Å²) in [6.45, 7) is 11.7. The molecule has 1 atom stereocenters. The van der Waals surface area contributed by atoms with Crippen LogP contribution in [0.1, 0.15) is 66.4 Å². The van der Waals surface area contributed by atoms with Gasteiger partial charge in [0.25, 0.3) is 0 Å². The molecule has 0 radical (unpaired) electrons. The molecule has 0 bridgehead atoms. The zero-order valence-electron chi connectivity index (χ0n) is 15.6. The van der Waals surface area contributed by atoms with Gasteiger partial charge < -0.3 is 9.84 Å². The van der Waals surface area contributed by atoms with Crippen LogP contribution in [0.2, 0.25) is 0 Å². The van der Waals surface area contributed by atoms with Gasteiger partial charge in [-0.2, -0.15) is 0 Å². The van der Waals surface area contributed by atoms with Crippen LogP contribution in [0.15, 0.2) is 22.9 Å². The molecule has 0 spiro atoms. The Morgan fingerprint density at radius 2 is 1.79 bits per heavy atom. The van der Waals surface area contributed by atoms with Crippen LogP contribution in [0.3, 0.4) is 0 Å². The van der Waals surface area contributed by atoms with Crippen molar-refractivity contribution in [2.24, 2.45) is 5.41 Å². The third-order valence-electron chi connectivity index (χ3n) is 4.15. The molecular weight excluding hydrogens is 370 g/mol. The Hall–Kier alpha value is -0.940. The minimum absolute atomic E-state index is 0.134. The second kappa shape index (κ2) is 7.96. The zero-order chi connectivity index (χ0) is 18.6. The Bertz CT molecular complexity index is 566. The molecule has 0 aliphatic rings. The van der Waals surface area contributed by atoms with Crippen molar-refractivity contribution in [1.82, 2.24) is 4.98 Å². The molecule has 4 nitrogen and oxygen atoms in total. The minimum Gasteiger partial charge on any atom is -0.459 e. The lowest BCUT2D eigenvalue weighted by molar-refractivity contribution is -0.162. The summed E-state index contributed by atoms with van der Waals surface area (Å²) in [6, 6.07) is 1.92. The number of halogens is 1. The van der Waals surface area contributed by atoms with Gasteiger partial charge in [-0.25, -0.2) is 0 Å². The second-order valence-electron chi connectivity index (χ2n) is 8.40. The van der Waals surface area contributed by atoms with Crippen LogP contribution in [0.5, 0.6) is 0 Å². The maximum absolute atomic E-state index is 12.9. The molecular formula is C19H30BrNO3. The molecule has 5 heteroatoms. The quantitative estimate of drug-likeness (QED) is 0.678. The third-order valence-corrected chi connectivity index (χ3v) is 4.58. The van der Waals surface area contributed by atoms with E-state index in [0.29, 0.717) is 6.42 Å². The first-order valence-electron chi connectivity index (χ1n) is 8.35. The van der Waals surface area contributed by atoms with Crippen molar-refractivity contribution in [2.75, 3.05) is 6.61 Å². The smallest absolute Gasteiger partial charge is 0.316 e. The van der Waals surface area contributed by atoms with E-state index in [1.165, 1.54) is 0 Å². The molecule has 1 heterocycles. The Morgan fingerprint density at radius 3 is 2.29 bits per heavy atom. The van der Waals surface area contributed by atoms with E-state index in [9.17, 15) is 9.90 Å². The largest absolute Gasteiger partial charge is 0.459 e. The number of carbonyl (C=O) groups is 1. The van der Waals surface area contributed by atoms with Crippen LogP contribution in [-0.2, 0) is 14.9 Å². The van der Waals surface area contributed by atoms with E-state index in [1.807, 2.05) is 47.6 Å². The molecule has 1 N–H and O–H groups in total. The summed E-state index contributed by atoms with van der Waals surface area (Å²) in [5.74, 6) is -0.239. The highest BCUT2D eigenvalue weighted by molar-refractivity contribution is 9.10. The van der Waals surface area contributed by atoms with Crippen molar-refractivity contribution in [3.8, 4) is 0 Å². The number of ether oxygens (including phenoxy) is 1. The van der Waals surface area contributed by atoms with Gasteiger partial charge in [0, 0.05) is 23.5 Å². The van der Waals surface area contributed by atoms with Crippen LogP contribution in [-0.4, -0.2) is 28.3 Å². The molecule has 0 aliphatic carbocycles. The van der Waals surface area contributed by atoms with Crippen molar-refractivity contribution >= 4 is 21.9 Å². The molecule has 0 aromatic carbocycles. The molecule has 0 aliphatic heterocycles. The standard InChI is InChI=1S/C19H30BrNO3/c1-17(2,3)24-16(23)19(6,9-7-8-18(4,5)13-22)14-10-15(20)12-21-11-14/h10-12,22H,7-9,13H2,1-6H3. The Balaban J connectivity index is 3.05. The fourth-order valence-electron chi connectivity index (χ4n) is 2.47. The van der Waals surface area contributed by atoms with Gasteiger partial charge in [0.1, 0.15) is 5.60 Å². The highest BCUT2D eigenvalue weighted by Gasteiger charge is 2.39. The van der Waals surface area contributed by atoms with E-state index in [4.69, 9.17) is 4.74 Å². The number of hydrogen-bond donors (Lipinski definition) is 1. The van der Waals surface area contributed by atoms with Crippen LogP contribution < -0.4 is 0 Å². The second-order valence-corrected chi connectivity index (χ2v) is 9.32. The van der Waals surface area contributed by atoms with Gasteiger partial charge in [0.05, 0.1) is 5.41 Å². The lowest BCUT2D eigenvalue weighted by Gasteiger charge is -2.33. The summed E-state index contributed by atoms with van der Waals surface area (Å²) in [6.07, 6.45) is 5.72. The van der Waals surface area contributed by atoms with E-state index >= 15 is 0 Å². The number of pyridine rings is 1. The normalized spacial score (nSPS) is 15.0. The molecule has 0 amide bonds. The van der Waals surface area contributed by atoms with E-state index in [0.717, 1.165) is 22.9 Å². The number of rotatable bonds is 7. The van der Waals surface area contributed by atoms with Crippen molar-refractivity contribution in [2.45, 2.75) is 71.8 Å². The fourth-order valence-corrected chi connectivity index (χ4v) is 2.83. The van der Waals surface area contributed by atoms with E-state index < -0.39 is 11.0 Å². The van der Waals surface area contributed by atoms with Gasteiger partial charge >= 0.3 is 5.97 Å². The van der Waals surface area contributed by atoms with Gasteiger partial charge in [-0.1, -0.05) is 20.3 Å². The van der Waals surface area contributed by atoms with Crippen LogP contribution in [0.4, 0.5) is 0 Å². The van der Waals surface area contributed by atoms with Crippen molar-refractivity contribution in [3.63, 3.8) is 0 Å². The maximum atomic E-state index is 12.9. The summed E-state index contributed by atoms with van der Waals surface area (Å²) >= 11 is 3.43. The molecule has 1 unspecified atom stereocenters. The lowest BCUT2D eigenvalue weighted by Crippen LogP contribution is -2.39. The number of nitrogens with zero attached hydrogens (tertiary/aromatic N) is 1. The summed E-state index contributed by atoms with van der Waals surface area (Å²) in [5, 5.41) is 9.43. The van der Waals surface area contributed by atoms with E-state index in [-0.39, 0.29) is 18.0 Å². The SMILES string of the molecule is CC(C)(CO)CCCC(C)(C(=O)OC(C)(C)C)c1cncc(Br)c1. The first-order chi connectivity index (χ1) is 10.9. The number of aliphatic hydroxyl groups is 1. The average Bonchev–Trinajstić information content (AvgIpc) is 2.45. The predicted molar refractivity (Wildman–Crippen MR) is 99.9 cm³/mol. The summed E-state index contributed by atoms with van der Waals surface area (Å²) in [5.41, 5.74) is -0.616. The van der Waals surface area contributed by atoms with Gasteiger partial charge in [0.2, 0.25) is 0 Å². The highest BCUT2D eigenvalue weighted by Crippen LogP contribution is 2.35. The summed E-state index contributed by atoms with van der Waals surface area (Å²) < 4.78 is 6.51. The number of hydrogen-bond acceptors (Lipinski definition) is 4.